The quantitative estimate of drug-likeness (QED) is 0.637. The Morgan fingerprint density at radius 1 is 1.50 bits per heavy atom. The lowest BCUT2D eigenvalue weighted by molar-refractivity contribution is -0.151. The summed E-state index contributed by atoms with van der Waals surface area (Å²) in [4.78, 5) is 0. The van der Waals surface area contributed by atoms with Crippen molar-refractivity contribution >= 4 is 10.4 Å². The number of rotatable bonds is 4. The van der Waals surface area contributed by atoms with E-state index in [1.54, 1.807) is 13.8 Å². The van der Waals surface area contributed by atoms with Crippen molar-refractivity contribution in [1.29, 1.82) is 0 Å². The number of hydrogen-bond acceptors (Lipinski definition) is 5. The maximum Gasteiger partial charge on any atom is 0.400 e. The number of ether oxygens (including phenoxy) is 1. The molecule has 0 unspecified atom stereocenters. The Bertz CT molecular complexity index is 241. The molecule has 1 rings (SSSR count). The van der Waals surface area contributed by atoms with E-state index >= 15 is 0 Å². The van der Waals surface area contributed by atoms with Crippen LogP contribution in [-0.4, -0.2) is 33.8 Å². The van der Waals surface area contributed by atoms with Gasteiger partial charge in [0.1, 0.15) is 5.60 Å². The minimum absolute atomic E-state index is 0.0826. The first-order valence-corrected chi connectivity index (χ1v) is 4.98. The van der Waals surface area contributed by atoms with Crippen molar-refractivity contribution in [3.8, 4) is 0 Å². The molecule has 0 N–H and O–H groups in total. The Labute approximate surface area is 71.9 Å². The topological polar surface area (TPSA) is 61.8 Å². The van der Waals surface area contributed by atoms with Gasteiger partial charge in [0.15, 0.2) is 0 Å². The van der Waals surface area contributed by atoms with Crippen LogP contribution in [0.2, 0.25) is 0 Å². The minimum atomic E-state index is -3.83. The Morgan fingerprint density at radius 3 is 2.42 bits per heavy atom. The van der Waals surface area contributed by atoms with Gasteiger partial charge in [0.25, 0.3) is 0 Å². The molecule has 0 saturated carbocycles. The van der Waals surface area contributed by atoms with Gasteiger partial charge in [-0.25, -0.2) is 8.37 Å². The lowest BCUT2D eigenvalue weighted by atomic mass is 10.1. The molecule has 0 aromatic heterocycles. The molecule has 72 valence electrons. The fourth-order valence-electron chi connectivity index (χ4n) is 0.852. The summed E-state index contributed by atoms with van der Waals surface area (Å²) in [6.07, 6.45) is 0. The average Bonchev–Trinajstić information content (AvgIpc) is 1.83. The number of hydrogen-bond donors (Lipinski definition) is 0. The zero-order chi connectivity index (χ0) is 9.24. The molecule has 0 radical (unpaired) electrons. The van der Waals surface area contributed by atoms with Gasteiger partial charge in [-0.05, 0) is 13.8 Å². The highest BCUT2D eigenvalue weighted by molar-refractivity contribution is 7.81. The van der Waals surface area contributed by atoms with Crippen molar-refractivity contribution in [3.63, 3.8) is 0 Å². The van der Waals surface area contributed by atoms with E-state index in [1.165, 1.54) is 0 Å². The summed E-state index contributed by atoms with van der Waals surface area (Å²) in [5.74, 6) is 0. The molecule has 1 aliphatic heterocycles. The molecule has 1 heterocycles. The van der Waals surface area contributed by atoms with Crippen molar-refractivity contribution in [2.45, 2.75) is 19.4 Å². The van der Waals surface area contributed by atoms with E-state index in [0.717, 1.165) is 0 Å². The first kappa shape index (κ1) is 9.91. The molecular formula is C6H12O5S. The van der Waals surface area contributed by atoms with E-state index in [9.17, 15) is 8.42 Å². The van der Waals surface area contributed by atoms with Gasteiger partial charge in [-0.3, -0.25) is 0 Å². The summed E-state index contributed by atoms with van der Waals surface area (Å²) in [6.45, 7) is 3.91. The largest absolute Gasteiger partial charge is 0.400 e. The fourth-order valence-corrected chi connectivity index (χ4v) is 1.78. The molecule has 1 saturated heterocycles. The van der Waals surface area contributed by atoms with Crippen molar-refractivity contribution in [3.05, 3.63) is 0 Å². The van der Waals surface area contributed by atoms with Crippen LogP contribution in [0.4, 0.5) is 0 Å². The molecule has 0 aromatic rings. The van der Waals surface area contributed by atoms with E-state index in [2.05, 4.69) is 4.18 Å². The highest BCUT2D eigenvalue weighted by Gasteiger charge is 2.39. The summed E-state index contributed by atoms with van der Waals surface area (Å²) in [7, 11) is -3.83. The predicted molar refractivity (Wildman–Crippen MR) is 40.9 cm³/mol. The van der Waals surface area contributed by atoms with Gasteiger partial charge in [-0.15, -0.1) is 0 Å². The van der Waals surface area contributed by atoms with Gasteiger partial charge < -0.3 is 4.74 Å². The molecular weight excluding hydrogens is 184 g/mol. The van der Waals surface area contributed by atoms with Crippen molar-refractivity contribution in [2.75, 3.05) is 19.8 Å². The van der Waals surface area contributed by atoms with Gasteiger partial charge in [0.2, 0.25) is 0 Å². The third-order valence-electron chi connectivity index (χ3n) is 1.38. The van der Waals surface area contributed by atoms with Crippen LogP contribution >= 0.6 is 0 Å². The van der Waals surface area contributed by atoms with Crippen LogP contribution in [-0.2, 0) is 23.5 Å². The van der Waals surface area contributed by atoms with Gasteiger partial charge in [-0.1, -0.05) is 0 Å². The average molecular weight is 196 g/mol. The predicted octanol–water partition coefficient (Wildman–Crippen LogP) is 0.0732. The summed E-state index contributed by atoms with van der Waals surface area (Å²) in [6, 6.07) is 0. The summed E-state index contributed by atoms with van der Waals surface area (Å²) in [5, 5.41) is 0. The Hall–Kier alpha value is -0.170. The standard InChI is InChI=1S/C6H12O5S/c1-3-10-12(7,8)11-6(2)4-9-5-6/h3-5H2,1-2H3. The molecule has 0 aromatic carbocycles. The molecule has 1 fully saturated rings. The summed E-state index contributed by atoms with van der Waals surface area (Å²) < 4.78 is 35.8. The van der Waals surface area contributed by atoms with Crippen LogP contribution in [0.15, 0.2) is 0 Å². The van der Waals surface area contributed by atoms with E-state index in [-0.39, 0.29) is 6.61 Å². The SMILES string of the molecule is CCOS(=O)(=O)OC1(C)COC1. The minimum Gasteiger partial charge on any atom is -0.375 e. The normalized spacial score (nSPS) is 21.8. The Morgan fingerprint density at radius 2 is 2.08 bits per heavy atom. The second kappa shape index (κ2) is 3.29. The lowest BCUT2D eigenvalue weighted by Crippen LogP contribution is -2.50. The molecule has 0 aliphatic carbocycles. The molecule has 12 heavy (non-hydrogen) atoms. The van der Waals surface area contributed by atoms with Crippen LogP contribution in [0.1, 0.15) is 13.8 Å². The lowest BCUT2D eigenvalue weighted by Gasteiger charge is -2.35. The fraction of sp³-hybridized carbons (Fsp3) is 1.00. The second-order valence-electron chi connectivity index (χ2n) is 2.84. The van der Waals surface area contributed by atoms with Gasteiger partial charge >= 0.3 is 10.4 Å². The third-order valence-corrected chi connectivity index (χ3v) is 2.51. The van der Waals surface area contributed by atoms with Crippen LogP contribution in [0.5, 0.6) is 0 Å². The maximum atomic E-state index is 10.9. The van der Waals surface area contributed by atoms with Crippen molar-refractivity contribution < 1.29 is 21.5 Å². The van der Waals surface area contributed by atoms with E-state index in [0.29, 0.717) is 13.2 Å². The van der Waals surface area contributed by atoms with Crippen LogP contribution in [0.25, 0.3) is 0 Å². The molecule has 0 atom stereocenters. The third kappa shape index (κ3) is 2.41. The monoisotopic (exact) mass is 196 g/mol. The highest BCUT2D eigenvalue weighted by atomic mass is 32.3. The highest BCUT2D eigenvalue weighted by Crippen LogP contribution is 2.23. The molecule has 1 aliphatic rings. The Balaban J connectivity index is 2.49. The molecule has 0 bridgehead atoms. The second-order valence-corrected chi connectivity index (χ2v) is 4.06. The van der Waals surface area contributed by atoms with Crippen LogP contribution in [0.3, 0.4) is 0 Å². The van der Waals surface area contributed by atoms with E-state index in [1.807, 2.05) is 0 Å². The Kier molecular flexibility index (Phi) is 2.72. The first-order valence-electron chi connectivity index (χ1n) is 3.65. The van der Waals surface area contributed by atoms with Gasteiger partial charge in [0.05, 0.1) is 19.8 Å². The molecule has 0 spiro atoms. The molecule has 6 heteroatoms. The van der Waals surface area contributed by atoms with Crippen LogP contribution < -0.4 is 0 Å². The summed E-state index contributed by atoms with van der Waals surface area (Å²) in [5.41, 5.74) is -0.728. The maximum absolute atomic E-state index is 10.9. The van der Waals surface area contributed by atoms with Crippen molar-refractivity contribution in [2.24, 2.45) is 0 Å². The van der Waals surface area contributed by atoms with E-state index < -0.39 is 16.0 Å². The zero-order valence-electron chi connectivity index (χ0n) is 7.07. The first-order chi connectivity index (χ1) is 5.47. The van der Waals surface area contributed by atoms with Gasteiger partial charge in [-0.2, -0.15) is 8.42 Å². The van der Waals surface area contributed by atoms with Crippen molar-refractivity contribution in [1.82, 2.24) is 0 Å². The molecule has 0 amide bonds. The van der Waals surface area contributed by atoms with Gasteiger partial charge in [0, 0.05) is 0 Å². The zero-order valence-corrected chi connectivity index (χ0v) is 7.89. The van der Waals surface area contributed by atoms with Crippen LogP contribution in [0, 0.1) is 0 Å². The summed E-state index contributed by atoms with van der Waals surface area (Å²) >= 11 is 0. The molecule has 5 nitrogen and oxygen atoms in total. The van der Waals surface area contributed by atoms with E-state index in [4.69, 9.17) is 8.92 Å². The smallest absolute Gasteiger partial charge is 0.375 e.